The summed E-state index contributed by atoms with van der Waals surface area (Å²) in [4.78, 5) is 0. The Labute approximate surface area is 134 Å². The summed E-state index contributed by atoms with van der Waals surface area (Å²) in [6.45, 7) is 2.02. The van der Waals surface area contributed by atoms with Crippen LogP contribution in [0.1, 0.15) is 18.5 Å². The van der Waals surface area contributed by atoms with E-state index in [4.69, 9.17) is 4.74 Å². The van der Waals surface area contributed by atoms with Gasteiger partial charge >= 0.3 is 0 Å². The number of nitrogens with one attached hydrogen (secondary N) is 1. The first-order valence-corrected chi connectivity index (χ1v) is 7.65. The fourth-order valence-corrected chi connectivity index (χ4v) is 2.80. The number of ether oxygens (including phenoxy) is 1. The minimum absolute atomic E-state index is 0.0373. The highest BCUT2D eigenvalue weighted by Gasteiger charge is 2.10. The first kappa shape index (κ1) is 15.3. The standard InChI is InChI=1S/C15H14Br2FNO/c1-9(10-3-6-15(20-2)13(17)7-10)19-14-8-11(18)4-5-12(14)16/h3-9,19H,1-2H3. The van der Waals surface area contributed by atoms with Gasteiger partial charge in [0.05, 0.1) is 17.3 Å². The molecule has 0 spiro atoms. The Kier molecular flexibility index (Phi) is 5.05. The van der Waals surface area contributed by atoms with E-state index in [9.17, 15) is 4.39 Å². The van der Waals surface area contributed by atoms with Crippen LogP contribution in [-0.2, 0) is 0 Å². The van der Waals surface area contributed by atoms with Crippen LogP contribution in [-0.4, -0.2) is 7.11 Å². The Morgan fingerprint density at radius 1 is 1.10 bits per heavy atom. The van der Waals surface area contributed by atoms with Crippen molar-refractivity contribution >= 4 is 37.5 Å². The summed E-state index contributed by atoms with van der Waals surface area (Å²) in [5.74, 6) is 0.520. The molecule has 0 radical (unpaired) electrons. The Hall–Kier alpha value is -1.07. The van der Waals surface area contributed by atoms with Gasteiger partial charge in [-0.25, -0.2) is 4.39 Å². The largest absolute Gasteiger partial charge is 0.496 e. The van der Waals surface area contributed by atoms with Gasteiger partial charge in [0, 0.05) is 10.5 Å². The molecule has 1 unspecified atom stereocenters. The molecular weight excluding hydrogens is 389 g/mol. The topological polar surface area (TPSA) is 21.3 Å². The van der Waals surface area contributed by atoms with Gasteiger partial charge in [-0.3, -0.25) is 0 Å². The predicted octanol–water partition coefficient (Wildman–Crippen LogP) is 5.53. The molecule has 20 heavy (non-hydrogen) atoms. The summed E-state index contributed by atoms with van der Waals surface area (Å²) in [7, 11) is 1.63. The summed E-state index contributed by atoms with van der Waals surface area (Å²) < 4.78 is 20.2. The van der Waals surface area contributed by atoms with Gasteiger partial charge in [0.2, 0.25) is 0 Å². The molecule has 0 amide bonds. The SMILES string of the molecule is COc1ccc(C(C)Nc2cc(F)ccc2Br)cc1Br. The van der Waals surface area contributed by atoms with Crippen molar-refractivity contribution < 1.29 is 9.13 Å². The minimum Gasteiger partial charge on any atom is -0.496 e. The normalized spacial score (nSPS) is 12.1. The van der Waals surface area contributed by atoms with Crippen LogP contribution in [0.15, 0.2) is 45.3 Å². The highest BCUT2D eigenvalue weighted by molar-refractivity contribution is 9.11. The van der Waals surface area contributed by atoms with E-state index in [1.807, 2.05) is 25.1 Å². The zero-order valence-corrected chi connectivity index (χ0v) is 14.3. The third-order valence-electron chi connectivity index (χ3n) is 2.98. The van der Waals surface area contributed by atoms with Crippen molar-refractivity contribution in [3.63, 3.8) is 0 Å². The van der Waals surface area contributed by atoms with E-state index >= 15 is 0 Å². The lowest BCUT2D eigenvalue weighted by Crippen LogP contribution is -2.07. The van der Waals surface area contributed by atoms with Gasteiger partial charge in [-0.2, -0.15) is 0 Å². The van der Waals surface area contributed by atoms with Crippen LogP contribution in [0, 0.1) is 5.82 Å². The quantitative estimate of drug-likeness (QED) is 0.725. The van der Waals surface area contributed by atoms with Crippen molar-refractivity contribution in [2.45, 2.75) is 13.0 Å². The van der Waals surface area contributed by atoms with E-state index in [1.165, 1.54) is 12.1 Å². The molecule has 0 aliphatic heterocycles. The molecule has 1 atom stereocenters. The molecular formula is C15H14Br2FNO. The summed E-state index contributed by atoms with van der Waals surface area (Å²) in [5, 5.41) is 3.28. The van der Waals surface area contributed by atoms with Gasteiger partial charge in [-0.1, -0.05) is 6.07 Å². The number of anilines is 1. The maximum Gasteiger partial charge on any atom is 0.133 e. The molecule has 0 aliphatic carbocycles. The average molecular weight is 403 g/mol. The minimum atomic E-state index is -0.265. The molecule has 0 fully saturated rings. The first-order valence-electron chi connectivity index (χ1n) is 6.06. The zero-order chi connectivity index (χ0) is 14.7. The molecule has 2 aromatic rings. The molecule has 0 aromatic heterocycles. The smallest absolute Gasteiger partial charge is 0.133 e. The fraction of sp³-hybridized carbons (Fsp3) is 0.200. The van der Waals surface area contributed by atoms with Crippen LogP contribution in [0.3, 0.4) is 0 Å². The molecule has 5 heteroatoms. The molecule has 0 saturated heterocycles. The van der Waals surface area contributed by atoms with E-state index in [-0.39, 0.29) is 11.9 Å². The van der Waals surface area contributed by atoms with Crippen LogP contribution in [0.2, 0.25) is 0 Å². The van der Waals surface area contributed by atoms with Gasteiger partial charge in [0.25, 0.3) is 0 Å². The molecule has 0 heterocycles. The second-order valence-corrected chi connectivity index (χ2v) is 6.09. The molecule has 1 N–H and O–H groups in total. The van der Waals surface area contributed by atoms with E-state index in [2.05, 4.69) is 37.2 Å². The second-order valence-electron chi connectivity index (χ2n) is 4.38. The first-order chi connectivity index (χ1) is 9.51. The number of methoxy groups -OCH3 is 1. The van der Waals surface area contributed by atoms with Gasteiger partial charge < -0.3 is 10.1 Å². The van der Waals surface area contributed by atoms with Crippen LogP contribution in [0.25, 0.3) is 0 Å². The molecule has 2 aromatic carbocycles. The highest BCUT2D eigenvalue weighted by Crippen LogP contribution is 2.31. The molecule has 0 saturated carbocycles. The average Bonchev–Trinajstić information content (AvgIpc) is 2.42. The van der Waals surface area contributed by atoms with Crippen molar-refractivity contribution in [2.75, 3.05) is 12.4 Å². The van der Waals surface area contributed by atoms with E-state index in [0.29, 0.717) is 0 Å². The van der Waals surface area contributed by atoms with Crippen molar-refractivity contribution in [2.24, 2.45) is 0 Å². The van der Waals surface area contributed by atoms with E-state index < -0.39 is 0 Å². The number of halogens is 3. The van der Waals surface area contributed by atoms with Gasteiger partial charge in [-0.05, 0) is 74.7 Å². The van der Waals surface area contributed by atoms with Gasteiger partial charge in [0.1, 0.15) is 11.6 Å². The van der Waals surface area contributed by atoms with Crippen molar-refractivity contribution in [1.82, 2.24) is 0 Å². The second kappa shape index (κ2) is 6.59. The Morgan fingerprint density at radius 2 is 1.85 bits per heavy atom. The van der Waals surface area contributed by atoms with Crippen LogP contribution in [0.4, 0.5) is 10.1 Å². The summed E-state index contributed by atoms with van der Waals surface area (Å²) in [6, 6.07) is 10.5. The lowest BCUT2D eigenvalue weighted by molar-refractivity contribution is 0.412. The van der Waals surface area contributed by atoms with Crippen LogP contribution >= 0.6 is 31.9 Å². The Morgan fingerprint density at radius 3 is 2.50 bits per heavy atom. The van der Waals surface area contributed by atoms with Gasteiger partial charge in [0.15, 0.2) is 0 Å². The zero-order valence-electron chi connectivity index (χ0n) is 11.1. The van der Waals surface area contributed by atoms with E-state index in [0.717, 1.165) is 25.9 Å². The molecule has 2 nitrogen and oxygen atoms in total. The van der Waals surface area contributed by atoms with Crippen molar-refractivity contribution in [3.8, 4) is 5.75 Å². The molecule has 0 bridgehead atoms. The number of rotatable bonds is 4. The molecule has 0 aliphatic rings. The molecule has 106 valence electrons. The summed E-state index contributed by atoms with van der Waals surface area (Å²) >= 11 is 6.88. The maximum atomic E-state index is 13.3. The third kappa shape index (κ3) is 3.52. The van der Waals surface area contributed by atoms with Crippen molar-refractivity contribution in [3.05, 3.63) is 56.7 Å². The maximum absolute atomic E-state index is 13.3. The monoisotopic (exact) mass is 401 g/mol. The van der Waals surface area contributed by atoms with E-state index in [1.54, 1.807) is 13.2 Å². The van der Waals surface area contributed by atoms with Crippen LogP contribution in [0.5, 0.6) is 5.75 Å². The predicted molar refractivity (Wildman–Crippen MR) is 86.8 cm³/mol. The highest BCUT2D eigenvalue weighted by atomic mass is 79.9. The number of benzene rings is 2. The lowest BCUT2D eigenvalue weighted by atomic mass is 10.1. The third-order valence-corrected chi connectivity index (χ3v) is 4.29. The Bertz CT molecular complexity index is 619. The summed E-state index contributed by atoms with van der Waals surface area (Å²) in [5.41, 5.74) is 1.80. The van der Waals surface area contributed by atoms with Crippen molar-refractivity contribution in [1.29, 1.82) is 0 Å². The lowest BCUT2D eigenvalue weighted by Gasteiger charge is -2.18. The van der Waals surface area contributed by atoms with Gasteiger partial charge in [-0.15, -0.1) is 0 Å². The molecule has 2 rings (SSSR count). The Balaban J connectivity index is 2.21. The summed E-state index contributed by atoms with van der Waals surface area (Å²) in [6.07, 6.45) is 0. The van der Waals surface area contributed by atoms with Crippen LogP contribution < -0.4 is 10.1 Å². The number of hydrogen-bond acceptors (Lipinski definition) is 2. The fourth-order valence-electron chi connectivity index (χ4n) is 1.88. The number of hydrogen-bond donors (Lipinski definition) is 1.